The van der Waals surface area contributed by atoms with Gasteiger partial charge in [0.2, 0.25) is 11.8 Å². The summed E-state index contributed by atoms with van der Waals surface area (Å²) in [6.45, 7) is 0. The lowest BCUT2D eigenvalue weighted by atomic mass is 9.85. The number of fused-ring (bicyclic) bond motifs is 1. The van der Waals surface area contributed by atoms with Crippen molar-refractivity contribution in [2.45, 2.75) is 12.8 Å². The molecule has 1 aliphatic heterocycles. The molecule has 0 unspecified atom stereocenters. The quantitative estimate of drug-likeness (QED) is 0.548. The van der Waals surface area contributed by atoms with Crippen LogP contribution in [0.4, 0.5) is 5.82 Å². The molecule has 0 spiro atoms. The molecule has 3 rings (SSSR count). The summed E-state index contributed by atoms with van der Waals surface area (Å²) in [5.41, 5.74) is 0.246. The van der Waals surface area contributed by atoms with E-state index in [2.05, 4.69) is 5.10 Å². The Hall–Kier alpha value is -2.42. The number of hydrogen-bond acceptors (Lipinski definition) is 4. The SMILES string of the molecule is Cn1cc(C#N)c(N2C(=O)[C@H]3CC=CC[C@H]3C2=O)n1. The van der Waals surface area contributed by atoms with Crippen molar-refractivity contribution in [3.8, 4) is 6.07 Å². The monoisotopic (exact) mass is 256 g/mol. The molecule has 0 radical (unpaired) electrons. The number of carbonyl (C=O) groups excluding carboxylic acids is 2. The number of hydrogen-bond donors (Lipinski definition) is 0. The van der Waals surface area contributed by atoms with Gasteiger partial charge in [-0.05, 0) is 12.8 Å². The highest BCUT2D eigenvalue weighted by Crippen LogP contribution is 2.37. The van der Waals surface area contributed by atoms with Crippen molar-refractivity contribution in [1.82, 2.24) is 9.78 Å². The van der Waals surface area contributed by atoms with E-state index in [1.165, 1.54) is 10.9 Å². The minimum Gasteiger partial charge on any atom is -0.274 e. The van der Waals surface area contributed by atoms with Gasteiger partial charge in [-0.15, -0.1) is 0 Å². The number of aryl methyl sites for hydroxylation is 1. The van der Waals surface area contributed by atoms with Crippen LogP contribution in [0.25, 0.3) is 0 Å². The van der Waals surface area contributed by atoms with Gasteiger partial charge in [-0.3, -0.25) is 14.3 Å². The minimum atomic E-state index is -0.300. The molecule has 19 heavy (non-hydrogen) atoms. The standard InChI is InChI=1S/C13H12N4O2/c1-16-7-8(6-14)11(15-16)17-12(18)9-4-2-3-5-10(9)13(17)19/h2-3,7,9-10H,4-5H2,1H3/t9-,10+. The highest BCUT2D eigenvalue weighted by molar-refractivity contribution is 6.22. The van der Waals surface area contributed by atoms with Crippen LogP contribution in [0.3, 0.4) is 0 Å². The average Bonchev–Trinajstić information content (AvgIpc) is 2.90. The van der Waals surface area contributed by atoms with Crippen LogP contribution < -0.4 is 4.90 Å². The first-order chi connectivity index (χ1) is 9.13. The Kier molecular flexibility index (Phi) is 2.49. The maximum absolute atomic E-state index is 12.3. The predicted molar refractivity (Wildman–Crippen MR) is 65.8 cm³/mol. The Bertz CT molecular complexity index is 612. The molecule has 1 saturated heterocycles. The molecule has 2 heterocycles. The lowest BCUT2D eigenvalue weighted by Crippen LogP contribution is -2.32. The number of nitrogens with zero attached hydrogens (tertiary/aromatic N) is 4. The summed E-state index contributed by atoms with van der Waals surface area (Å²) >= 11 is 0. The fourth-order valence-electron chi connectivity index (χ4n) is 2.73. The molecule has 96 valence electrons. The molecule has 1 fully saturated rings. The zero-order chi connectivity index (χ0) is 13.6. The first-order valence-corrected chi connectivity index (χ1v) is 6.10. The topological polar surface area (TPSA) is 79.0 Å². The molecule has 1 aromatic heterocycles. The van der Waals surface area contributed by atoms with Crippen molar-refractivity contribution >= 4 is 17.6 Å². The second kappa shape index (κ2) is 4.05. The third-order valence-electron chi connectivity index (χ3n) is 3.65. The predicted octanol–water partition coefficient (Wildman–Crippen LogP) is 0.747. The van der Waals surface area contributed by atoms with Gasteiger partial charge in [-0.2, -0.15) is 10.4 Å². The first kappa shape index (κ1) is 11.7. The third-order valence-corrected chi connectivity index (χ3v) is 3.65. The molecule has 0 bridgehead atoms. The van der Waals surface area contributed by atoms with E-state index in [9.17, 15) is 9.59 Å². The second-order valence-electron chi connectivity index (χ2n) is 4.82. The van der Waals surface area contributed by atoms with Crippen LogP contribution in [0.2, 0.25) is 0 Å². The van der Waals surface area contributed by atoms with Crippen molar-refractivity contribution in [3.05, 3.63) is 23.9 Å². The van der Waals surface area contributed by atoms with Gasteiger partial charge < -0.3 is 0 Å². The summed E-state index contributed by atoms with van der Waals surface area (Å²) in [6, 6.07) is 1.97. The van der Waals surface area contributed by atoms with Crippen molar-refractivity contribution in [2.75, 3.05) is 4.90 Å². The summed E-state index contributed by atoms with van der Waals surface area (Å²) in [5, 5.41) is 13.1. The van der Waals surface area contributed by atoms with Gasteiger partial charge in [0, 0.05) is 13.2 Å². The Morgan fingerprint density at radius 2 is 1.84 bits per heavy atom. The highest BCUT2D eigenvalue weighted by atomic mass is 16.2. The smallest absolute Gasteiger partial charge is 0.239 e. The number of anilines is 1. The van der Waals surface area contributed by atoms with E-state index < -0.39 is 0 Å². The number of carbonyl (C=O) groups is 2. The number of imide groups is 1. The summed E-state index contributed by atoms with van der Waals surface area (Å²) in [6.07, 6.45) is 6.54. The molecule has 0 N–H and O–H groups in total. The maximum atomic E-state index is 12.3. The van der Waals surface area contributed by atoms with E-state index in [0.29, 0.717) is 12.8 Å². The first-order valence-electron chi connectivity index (χ1n) is 6.10. The van der Waals surface area contributed by atoms with E-state index in [1.807, 2.05) is 18.2 Å². The van der Waals surface area contributed by atoms with Crippen molar-refractivity contribution < 1.29 is 9.59 Å². The number of aromatic nitrogens is 2. The van der Waals surface area contributed by atoms with Crippen LogP contribution in [0, 0.1) is 23.2 Å². The van der Waals surface area contributed by atoms with E-state index in [4.69, 9.17) is 5.26 Å². The molecule has 2 atom stereocenters. The van der Waals surface area contributed by atoms with Crippen LogP contribution in [-0.2, 0) is 16.6 Å². The number of nitriles is 1. The van der Waals surface area contributed by atoms with Gasteiger partial charge >= 0.3 is 0 Å². The maximum Gasteiger partial charge on any atom is 0.239 e. The number of allylic oxidation sites excluding steroid dienone is 2. The van der Waals surface area contributed by atoms with E-state index in [1.54, 1.807) is 7.05 Å². The molecule has 1 aromatic rings. The second-order valence-corrected chi connectivity index (χ2v) is 4.82. The zero-order valence-electron chi connectivity index (χ0n) is 10.4. The van der Waals surface area contributed by atoms with Gasteiger partial charge in [0.05, 0.1) is 11.8 Å². The molecule has 6 nitrogen and oxygen atoms in total. The van der Waals surface area contributed by atoms with Crippen molar-refractivity contribution in [2.24, 2.45) is 18.9 Å². The Morgan fingerprint density at radius 3 is 2.37 bits per heavy atom. The summed E-state index contributed by atoms with van der Waals surface area (Å²) in [5.74, 6) is -0.921. The fraction of sp³-hybridized carbons (Fsp3) is 0.385. The molecule has 6 heteroatoms. The van der Waals surface area contributed by atoms with Crippen molar-refractivity contribution in [3.63, 3.8) is 0 Å². The molecule has 2 aliphatic rings. The molecular formula is C13H12N4O2. The number of rotatable bonds is 1. The molecule has 1 aliphatic carbocycles. The third kappa shape index (κ3) is 1.58. The molecule has 0 aromatic carbocycles. The van der Waals surface area contributed by atoms with Gasteiger partial charge in [0.25, 0.3) is 0 Å². The van der Waals surface area contributed by atoms with Gasteiger partial charge in [-0.1, -0.05) is 12.2 Å². The lowest BCUT2D eigenvalue weighted by molar-refractivity contribution is -0.122. The van der Waals surface area contributed by atoms with Crippen LogP contribution >= 0.6 is 0 Å². The van der Waals surface area contributed by atoms with E-state index in [0.717, 1.165) is 4.90 Å². The molecular weight excluding hydrogens is 244 g/mol. The fourth-order valence-corrected chi connectivity index (χ4v) is 2.73. The molecule has 2 amide bonds. The highest BCUT2D eigenvalue weighted by Gasteiger charge is 2.49. The van der Waals surface area contributed by atoms with Crippen LogP contribution in [-0.4, -0.2) is 21.6 Å². The summed E-state index contributed by atoms with van der Waals surface area (Å²) < 4.78 is 1.44. The summed E-state index contributed by atoms with van der Waals surface area (Å²) in [7, 11) is 1.66. The normalized spacial score (nSPS) is 25.6. The van der Waals surface area contributed by atoms with Gasteiger partial charge in [-0.25, -0.2) is 4.90 Å². The van der Waals surface area contributed by atoms with Gasteiger partial charge in [0.15, 0.2) is 5.82 Å². The largest absolute Gasteiger partial charge is 0.274 e. The molecule has 0 saturated carbocycles. The zero-order valence-corrected chi connectivity index (χ0v) is 10.4. The van der Waals surface area contributed by atoms with Crippen molar-refractivity contribution in [1.29, 1.82) is 5.26 Å². The van der Waals surface area contributed by atoms with Crippen LogP contribution in [0.15, 0.2) is 18.3 Å². The van der Waals surface area contributed by atoms with Gasteiger partial charge in [0.1, 0.15) is 11.6 Å². The average molecular weight is 256 g/mol. The Morgan fingerprint density at radius 1 is 1.26 bits per heavy atom. The van der Waals surface area contributed by atoms with Crippen LogP contribution in [0.1, 0.15) is 18.4 Å². The Balaban J connectivity index is 2.04. The number of amides is 2. The minimum absolute atomic E-state index is 0.161. The Labute approximate surface area is 109 Å². The lowest BCUT2D eigenvalue weighted by Gasteiger charge is -2.14. The van der Waals surface area contributed by atoms with E-state index >= 15 is 0 Å². The van der Waals surface area contributed by atoms with E-state index in [-0.39, 0.29) is 35.0 Å². The summed E-state index contributed by atoms with van der Waals surface area (Å²) in [4.78, 5) is 25.8. The van der Waals surface area contributed by atoms with Crippen LogP contribution in [0.5, 0.6) is 0 Å².